The van der Waals surface area contributed by atoms with Crippen molar-refractivity contribution in [3.05, 3.63) is 77.9 Å². The van der Waals surface area contributed by atoms with Crippen LogP contribution in [-0.4, -0.2) is 20.9 Å². The van der Waals surface area contributed by atoms with Gasteiger partial charge in [0, 0.05) is 0 Å². The summed E-state index contributed by atoms with van der Waals surface area (Å²) in [6, 6.07) is 20.0. The number of carbonyl (C=O) groups excluding carboxylic acids is 1. The first-order valence-electron chi connectivity index (χ1n) is 8.14. The summed E-state index contributed by atoms with van der Waals surface area (Å²) in [5.74, 6) is -0.631. The van der Waals surface area contributed by atoms with Crippen LogP contribution in [0.2, 0.25) is 0 Å². The summed E-state index contributed by atoms with van der Waals surface area (Å²) in [5.41, 5.74) is 1.83. The number of aryl methyl sites for hydroxylation is 1. The predicted molar refractivity (Wildman–Crippen MR) is 100 cm³/mol. The van der Waals surface area contributed by atoms with Crippen LogP contribution in [0.25, 0.3) is 10.8 Å². The third kappa shape index (κ3) is 4.28. The zero-order chi connectivity index (χ0) is 18.6. The van der Waals surface area contributed by atoms with Gasteiger partial charge >= 0.3 is 5.97 Å². The van der Waals surface area contributed by atoms with Crippen molar-refractivity contribution in [1.82, 2.24) is 4.72 Å². The van der Waals surface area contributed by atoms with Gasteiger partial charge in [0.25, 0.3) is 0 Å². The number of ether oxygens (including phenoxy) is 1. The van der Waals surface area contributed by atoms with E-state index in [1.54, 1.807) is 12.1 Å². The minimum atomic E-state index is -3.74. The van der Waals surface area contributed by atoms with Crippen LogP contribution in [0.5, 0.6) is 0 Å². The van der Waals surface area contributed by atoms with E-state index in [1.165, 1.54) is 12.1 Å². The molecule has 0 saturated heterocycles. The second-order valence-corrected chi connectivity index (χ2v) is 7.70. The van der Waals surface area contributed by atoms with Gasteiger partial charge in [0.05, 0.1) is 4.90 Å². The quantitative estimate of drug-likeness (QED) is 0.678. The van der Waals surface area contributed by atoms with E-state index in [0.29, 0.717) is 0 Å². The highest BCUT2D eigenvalue weighted by Crippen LogP contribution is 2.19. The van der Waals surface area contributed by atoms with E-state index in [-0.39, 0.29) is 11.5 Å². The molecule has 3 rings (SSSR count). The minimum absolute atomic E-state index is 0.0897. The van der Waals surface area contributed by atoms with Crippen LogP contribution in [0.1, 0.15) is 11.1 Å². The summed E-state index contributed by atoms with van der Waals surface area (Å²) in [6.45, 7) is 1.54. The normalized spacial score (nSPS) is 11.4. The number of benzene rings is 3. The van der Waals surface area contributed by atoms with Gasteiger partial charge in [-0.25, -0.2) is 8.42 Å². The molecule has 26 heavy (non-hydrogen) atoms. The molecule has 5 nitrogen and oxygen atoms in total. The molecule has 3 aromatic carbocycles. The first-order valence-corrected chi connectivity index (χ1v) is 9.63. The van der Waals surface area contributed by atoms with Crippen LogP contribution >= 0.6 is 0 Å². The van der Waals surface area contributed by atoms with Crippen LogP contribution in [0.4, 0.5) is 0 Å². The smallest absolute Gasteiger partial charge is 0.321 e. The molecule has 0 aliphatic rings. The molecular weight excluding hydrogens is 350 g/mol. The summed E-state index contributed by atoms with van der Waals surface area (Å²) in [5, 5.41) is 2.06. The van der Waals surface area contributed by atoms with Crippen molar-refractivity contribution in [3.63, 3.8) is 0 Å². The molecular formula is C20H19NO4S. The fourth-order valence-corrected chi connectivity index (χ4v) is 3.55. The number of carbonyl (C=O) groups is 1. The van der Waals surface area contributed by atoms with Crippen molar-refractivity contribution in [3.8, 4) is 0 Å². The van der Waals surface area contributed by atoms with Crippen molar-refractivity contribution >= 4 is 26.8 Å². The molecule has 0 radical (unpaired) electrons. The van der Waals surface area contributed by atoms with E-state index < -0.39 is 22.5 Å². The van der Waals surface area contributed by atoms with Gasteiger partial charge in [-0.15, -0.1) is 0 Å². The standard InChI is InChI=1S/C20H19NO4S/c1-15-9-11-18(12-10-15)26(23,24)21-13-20(22)25-14-17-7-4-6-16-5-2-3-8-19(16)17/h2-12,21H,13-14H2,1H3. The maximum atomic E-state index is 12.2. The maximum absolute atomic E-state index is 12.2. The third-order valence-corrected chi connectivity index (χ3v) is 5.42. The molecule has 0 aliphatic carbocycles. The summed E-state index contributed by atoms with van der Waals surface area (Å²) in [7, 11) is -3.74. The SMILES string of the molecule is Cc1ccc(S(=O)(=O)NCC(=O)OCc2cccc3ccccc23)cc1. The highest BCUT2D eigenvalue weighted by molar-refractivity contribution is 7.89. The van der Waals surface area contributed by atoms with E-state index in [2.05, 4.69) is 4.72 Å². The number of rotatable bonds is 6. The molecule has 134 valence electrons. The fourth-order valence-electron chi connectivity index (χ4n) is 2.58. The van der Waals surface area contributed by atoms with Crippen molar-refractivity contribution in [2.24, 2.45) is 0 Å². The van der Waals surface area contributed by atoms with E-state index in [1.807, 2.05) is 49.4 Å². The molecule has 0 fully saturated rings. The highest BCUT2D eigenvalue weighted by Gasteiger charge is 2.16. The van der Waals surface area contributed by atoms with Crippen molar-refractivity contribution < 1.29 is 17.9 Å². The number of hydrogen-bond acceptors (Lipinski definition) is 4. The highest BCUT2D eigenvalue weighted by atomic mass is 32.2. The van der Waals surface area contributed by atoms with Gasteiger partial charge in [-0.2, -0.15) is 4.72 Å². The van der Waals surface area contributed by atoms with Crippen LogP contribution in [0.3, 0.4) is 0 Å². The Morgan fingerprint density at radius 1 is 0.962 bits per heavy atom. The van der Waals surface area contributed by atoms with Gasteiger partial charge in [-0.1, -0.05) is 60.2 Å². The van der Waals surface area contributed by atoms with Gasteiger partial charge in [-0.05, 0) is 35.4 Å². The summed E-state index contributed by atoms with van der Waals surface area (Å²) >= 11 is 0. The second-order valence-electron chi connectivity index (χ2n) is 5.94. The summed E-state index contributed by atoms with van der Waals surface area (Å²) < 4.78 is 31.8. The average molecular weight is 369 g/mol. The predicted octanol–water partition coefficient (Wildman–Crippen LogP) is 3.17. The monoisotopic (exact) mass is 369 g/mol. The molecule has 3 aromatic rings. The number of sulfonamides is 1. The second kappa shape index (κ2) is 7.68. The van der Waals surface area contributed by atoms with E-state index >= 15 is 0 Å². The lowest BCUT2D eigenvalue weighted by Crippen LogP contribution is -2.30. The van der Waals surface area contributed by atoms with Crippen LogP contribution in [0, 0.1) is 6.92 Å². The first kappa shape index (κ1) is 18.1. The molecule has 0 unspecified atom stereocenters. The molecule has 0 bridgehead atoms. The molecule has 1 N–H and O–H groups in total. The topological polar surface area (TPSA) is 72.5 Å². The van der Waals surface area contributed by atoms with Gasteiger partial charge in [0.1, 0.15) is 13.2 Å². The van der Waals surface area contributed by atoms with Gasteiger partial charge < -0.3 is 4.74 Å². The van der Waals surface area contributed by atoms with Crippen LogP contribution in [-0.2, 0) is 26.2 Å². The fraction of sp³-hybridized carbons (Fsp3) is 0.150. The largest absolute Gasteiger partial charge is 0.460 e. The van der Waals surface area contributed by atoms with Gasteiger partial charge in [0.15, 0.2) is 0 Å². The zero-order valence-corrected chi connectivity index (χ0v) is 15.1. The zero-order valence-electron chi connectivity index (χ0n) is 14.3. The number of esters is 1. The third-order valence-electron chi connectivity index (χ3n) is 4.01. The Hall–Kier alpha value is -2.70. The van der Waals surface area contributed by atoms with E-state index in [9.17, 15) is 13.2 Å². The average Bonchev–Trinajstić information content (AvgIpc) is 2.65. The van der Waals surface area contributed by atoms with Crippen molar-refractivity contribution in [2.75, 3.05) is 6.54 Å². The van der Waals surface area contributed by atoms with Gasteiger partial charge in [-0.3, -0.25) is 4.79 Å². The lowest BCUT2D eigenvalue weighted by molar-refractivity contribution is -0.143. The summed E-state index contributed by atoms with van der Waals surface area (Å²) in [4.78, 5) is 12.1. The van der Waals surface area contributed by atoms with E-state index in [4.69, 9.17) is 4.74 Å². The van der Waals surface area contributed by atoms with Crippen molar-refractivity contribution in [2.45, 2.75) is 18.4 Å². The number of fused-ring (bicyclic) bond motifs is 1. The van der Waals surface area contributed by atoms with Crippen LogP contribution in [0.15, 0.2) is 71.6 Å². The van der Waals surface area contributed by atoms with E-state index in [0.717, 1.165) is 21.9 Å². The maximum Gasteiger partial charge on any atom is 0.321 e. The minimum Gasteiger partial charge on any atom is -0.460 e. The van der Waals surface area contributed by atoms with Crippen LogP contribution < -0.4 is 4.72 Å². The molecule has 0 amide bonds. The molecule has 0 spiro atoms. The Balaban J connectivity index is 1.60. The van der Waals surface area contributed by atoms with Gasteiger partial charge in [0.2, 0.25) is 10.0 Å². The Morgan fingerprint density at radius 2 is 1.65 bits per heavy atom. The Bertz CT molecular complexity index is 1020. The molecule has 0 heterocycles. The lowest BCUT2D eigenvalue weighted by Gasteiger charge is -2.09. The lowest BCUT2D eigenvalue weighted by atomic mass is 10.1. The molecule has 0 saturated carbocycles. The first-order chi connectivity index (χ1) is 12.5. The number of nitrogens with one attached hydrogen (secondary N) is 1. The molecule has 0 aliphatic heterocycles. The van der Waals surface area contributed by atoms with Crippen molar-refractivity contribution in [1.29, 1.82) is 0 Å². The molecule has 0 aromatic heterocycles. The Morgan fingerprint density at radius 3 is 2.42 bits per heavy atom. The number of hydrogen-bond donors (Lipinski definition) is 1. The Kier molecular flexibility index (Phi) is 5.35. The summed E-state index contributed by atoms with van der Waals surface area (Å²) in [6.07, 6.45) is 0. The molecule has 6 heteroatoms. The Labute approximate surface area is 152 Å². The molecule has 0 atom stereocenters.